The second-order valence-electron chi connectivity index (χ2n) is 6.83. The highest BCUT2D eigenvalue weighted by Crippen LogP contribution is 2.20. The Morgan fingerprint density at radius 1 is 1.12 bits per heavy atom. The van der Waals surface area contributed by atoms with Crippen molar-refractivity contribution in [1.29, 1.82) is 0 Å². The quantitative estimate of drug-likeness (QED) is 0.862. The van der Waals surface area contributed by atoms with E-state index >= 15 is 0 Å². The number of rotatable bonds is 3. The number of hydrogen-bond acceptors (Lipinski definition) is 3. The lowest BCUT2D eigenvalue weighted by Gasteiger charge is -2.22. The van der Waals surface area contributed by atoms with E-state index in [0.717, 1.165) is 24.0 Å². The largest absolute Gasteiger partial charge is 0.341 e. The van der Waals surface area contributed by atoms with Crippen LogP contribution in [0.2, 0.25) is 0 Å². The van der Waals surface area contributed by atoms with E-state index in [0.29, 0.717) is 37.7 Å². The Labute approximate surface area is 148 Å². The maximum atomic E-state index is 12.9. The van der Waals surface area contributed by atoms with Gasteiger partial charge < -0.3 is 14.4 Å². The van der Waals surface area contributed by atoms with Gasteiger partial charge in [0.05, 0.1) is 17.4 Å². The van der Waals surface area contributed by atoms with Gasteiger partial charge in [0.25, 0.3) is 5.91 Å². The molecule has 0 unspecified atom stereocenters. The van der Waals surface area contributed by atoms with Gasteiger partial charge in [-0.05, 0) is 38.5 Å². The average molecular weight is 342 g/mol. The Morgan fingerprint density at radius 3 is 2.56 bits per heavy atom. The molecule has 0 atom stereocenters. The first-order valence-corrected chi connectivity index (χ1v) is 9.05. The van der Waals surface area contributed by atoms with Crippen LogP contribution in [0.5, 0.6) is 0 Å². The molecule has 0 N–H and O–H groups in total. The zero-order chi connectivity index (χ0) is 18.0. The van der Waals surface area contributed by atoms with Crippen molar-refractivity contribution in [3.05, 3.63) is 30.1 Å². The third-order valence-corrected chi connectivity index (χ3v) is 4.82. The van der Waals surface area contributed by atoms with Crippen LogP contribution in [0.15, 0.2) is 24.5 Å². The van der Waals surface area contributed by atoms with Gasteiger partial charge in [-0.15, -0.1) is 0 Å². The minimum atomic E-state index is 0.0202. The molecule has 1 fully saturated rings. The monoisotopic (exact) mass is 342 g/mol. The predicted octanol–water partition coefficient (Wildman–Crippen LogP) is 2.70. The summed E-state index contributed by atoms with van der Waals surface area (Å²) >= 11 is 0. The topological polar surface area (TPSA) is 58.4 Å². The fraction of sp³-hybridized carbons (Fsp3) is 0.526. The number of carbonyl (C=O) groups is 2. The van der Waals surface area contributed by atoms with Crippen LogP contribution in [0.1, 0.15) is 50.0 Å². The van der Waals surface area contributed by atoms with E-state index in [1.165, 1.54) is 0 Å². The number of amides is 2. The van der Waals surface area contributed by atoms with Crippen molar-refractivity contribution in [3.63, 3.8) is 0 Å². The zero-order valence-electron chi connectivity index (χ0n) is 15.2. The lowest BCUT2D eigenvalue weighted by molar-refractivity contribution is -0.130. The number of imidazole rings is 1. The lowest BCUT2D eigenvalue weighted by atomic mass is 10.1. The van der Waals surface area contributed by atoms with Gasteiger partial charge in [0.15, 0.2) is 0 Å². The molecule has 2 aromatic rings. The molecule has 0 aliphatic carbocycles. The molecule has 2 heterocycles. The lowest BCUT2D eigenvalue weighted by Crippen LogP contribution is -2.37. The second kappa shape index (κ2) is 7.25. The predicted molar refractivity (Wildman–Crippen MR) is 97.5 cm³/mol. The minimum Gasteiger partial charge on any atom is -0.341 e. The van der Waals surface area contributed by atoms with E-state index in [2.05, 4.69) is 23.4 Å². The number of benzene rings is 1. The first-order valence-electron chi connectivity index (χ1n) is 9.05. The standard InChI is InChI=1S/C19H26N4O2/c1-4-18(24)21-8-5-9-22(11-10-21)19(25)15-6-7-17-16(12-15)20-13-23(17)14(2)3/h6-7,12-14H,4-5,8-11H2,1-3H3. The number of fused-ring (bicyclic) bond motifs is 1. The molecular formula is C19H26N4O2. The summed E-state index contributed by atoms with van der Waals surface area (Å²) in [5.41, 5.74) is 2.55. The van der Waals surface area contributed by atoms with Crippen LogP contribution >= 0.6 is 0 Å². The van der Waals surface area contributed by atoms with E-state index in [9.17, 15) is 9.59 Å². The fourth-order valence-corrected chi connectivity index (χ4v) is 3.35. The van der Waals surface area contributed by atoms with Crippen LogP contribution < -0.4 is 0 Å². The molecule has 134 valence electrons. The van der Waals surface area contributed by atoms with Crippen LogP contribution in [0, 0.1) is 0 Å². The molecule has 6 nitrogen and oxygen atoms in total. The summed E-state index contributed by atoms with van der Waals surface area (Å²) in [6, 6.07) is 6.06. The van der Waals surface area contributed by atoms with E-state index in [-0.39, 0.29) is 11.8 Å². The van der Waals surface area contributed by atoms with Crippen molar-refractivity contribution in [2.45, 2.75) is 39.7 Å². The Hall–Kier alpha value is -2.37. The summed E-state index contributed by atoms with van der Waals surface area (Å²) in [5.74, 6) is 0.182. The molecule has 1 aliphatic heterocycles. The molecule has 0 saturated carbocycles. The molecule has 3 rings (SSSR count). The molecular weight excluding hydrogens is 316 g/mol. The number of aromatic nitrogens is 2. The van der Waals surface area contributed by atoms with Gasteiger partial charge in [0.2, 0.25) is 5.91 Å². The van der Waals surface area contributed by atoms with Gasteiger partial charge in [-0.3, -0.25) is 9.59 Å². The van der Waals surface area contributed by atoms with E-state index in [1.807, 2.05) is 41.2 Å². The van der Waals surface area contributed by atoms with Crippen molar-refractivity contribution >= 4 is 22.8 Å². The highest BCUT2D eigenvalue weighted by Gasteiger charge is 2.22. The van der Waals surface area contributed by atoms with Gasteiger partial charge in [0.1, 0.15) is 0 Å². The van der Waals surface area contributed by atoms with Gasteiger partial charge in [-0.1, -0.05) is 6.92 Å². The molecule has 25 heavy (non-hydrogen) atoms. The van der Waals surface area contributed by atoms with Crippen molar-refractivity contribution < 1.29 is 9.59 Å². The SMILES string of the molecule is CCC(=O)N1CCCN(C(=O)c2ccc3c(c2)ncn3C(C)C)CC1. The molecule has 1 aromatic heterocycles. The first kappa shape index (κ1) is 17.5. The summed E-state index contributed by atoms with van der Waals surface area (Å²) in [4.78, 5) is 32.9. The summed E-state index contributed by atoms with van der Waals surface area (Å²) in [6.07, 6.45) is 3.16. The van der Waals surface area contributed by atoms with Crippen LogP contribution in [0.25, 0.3) is 11.0 Å². The van der Waals surface area contributed by atoms with Crippen molar-refractivity contribution in [1.82, 2.24) is 19.4 Å². The fourth-order valence-electron chi connectivity index (χ4n) is 3.35. The van der Waals surface area contributed by atoms with Gasteiger partial charge in [-0.25, -0.2) is 4.98 Å². The number of carbonyl (C=O) groups excluding carboxylic acids is 2. The maximum Gasteiger partial charge on any atom is 0.253 e. The van der Waals surface area contributed by atoms with Crippen LogP contribution in [-0.4, -0.2) is 57.3 Å². The average Bonchev–Trinajstić information content (AvgIpc) is 2.89. The highest BCUT2D eigenvalue weighted by molar-refractivity contribution is 5.97. The summed E-state index contributed by atoms with van der Waals surface area (Å²) < 4.78 is 2.10. The second-order valence-corrected chi connectivity index (χ2v) is 6.83. The number of nitrogens with zero attached hydrogens (tertiary/aromatic N) is 4. The van der Waals surface area contributed by atoms with E-state index in [1.54, 1.807) is 0 Å². The number of hydrogen-bond donors (Lipinski definition) is 0. The molecule has 0 radical (unpaired) electrons. The summed E-state index contributed by atoms with van der Waals surface area (Å²) in [6.45, 7) is 8.72. The van der Waals surface area contributed by atoms with Crippen molar-refractivity contribution in [2.75, 3.05) is 26.2 Å². The summed E-state index contributed by atoms with van der Waals surface area (Å²) in [5, 5.41) is 0. The zero-order valence-corrected chi connectivity index (χ0v) is 15.2. The molecule has 0 spiro atoms. The third-order valence-electron chi connectivity index (χ3n) is 4.82. The van der Waals surface area contributed by atoms with Crippen LogP contribution in [-0.2, 0) is 4.79 Å². The molecule has 2 amide bonds. The van der Waals surface area contributed by atoms with Crippen molar-refractivity contribution in [3.8, 4) is 0 Å². The van der Waals surface area contributed by atoms with Crippen LogP contribution in [0.3, 0.4) is 0 Å². The third kappa shape index (κ3) is 3.52. The molecule has 1 aromatic carbocycles. The highest BCUT2D eigenvalue weighted by atomic mass is 16.2. The minimum absolute atomic E-state index is 0.0202. The Morgan fingerprint density at radius 2 is 1.84 bits per heavy atom. The maximum absolute atomic E-state index is 12.9. The Bertz CT molecular complexity index is 781. The molecule has 6 heteroatoms. The van der Waals surface area contributed by atoms with E-state index in [4.69, 9.17) is 0 Å². The van der Waals surface area contributed by atoms with Gasteiger partial charge in [-0.2, -0.15) is 0 Å². The Kier molecular flexibility index (Phi) is 5.06. The molecule has 1 aliphatic rings. The first-order chi connectivity index (χ1) is 12.0. The molecule has 0 bridgehead atoms. The van der Waals surface area contributed by atoms with Crippen LogP contribution in [0.4, 0.5) is 0 Å². The van der Waals surface area contributed by atoms with Gasteiger partial charge in [0, 0.05) is 44.2 Å². The van der Waals surface area contributed by atoms with E-state index < -0.39 is 0 Å². The normalized spacial score (nSPS) is 15.7. The van der Waals surface area contributed by atoms with Gasteiger partial charge >= 0.3 is 0 Å². The van der Waals surface area contributed by atoms with Crippen molar-refractivity contribution in [2.24, 2.45) is 0 Å². The summed E-state index contributed by atoms with van der Waals surface area (Å²) in [7, 11) is 0. The Balaban J connectivity index is 1.76. The smallest absolute Gasteiger partial charge is 0.253 e. The molecule has 1 saturated heterocycles.